The van der Waals surface area contributed by atoms with E-state index >= 15 is 0 Å². The maximum atomic E-state index is 13.0. The molecule has 33 heavy (non-hydrogen) atoms. The first-order valence-electron chi connectivity index (χ1n) is 12.3. The number of hydrogen-bond donors (Lipinski definition) is 2. The van der Waals surface area contributed by atoms with Crippen LogP contribution in [0.3, 0.4) is 0 Å². The van der Waals surface area contributed by atoms with E-state index in [0.29, 0.717) is 36.4 Å². The number of carbonyl (C=O) groups is 2. The van der Waals surface area contributed by atoms with Crippen molar-refractivity contribution in [2.75, 3.05) is 26.3 Å². The SMILES string of the molecule is O=C1CCC(N2Cc3cc(O[C@H]4CCC[C@@H]4N4CCC5(CC4)COC5)ccc3C2=O)C(O)=[NH+]1. The lowest BCUT2D eigenvalue weighted by Gasteiger charge is -2.49. The summed E-state index contributed by atoms with van der Waals surface area (Å²) in [5, 5.41) is 10.2. The van der Waals surface area contributed by atoms with Crippen molar-refractivity contribution in [3.05, 3.63) is 29.3 Å². The summed E-state index contributed by atoms with van der Waals surface area (Å²) >= 11 is 0. The number of hydrogen-bond acceptors (Lipinski definition) is 5. The van der Waals surface area contributed by atoms with Crippen LogP contribution in [0.15, 0.2) is 18.2 Å². The molecule has 0 aromatic heterocycles. The molecule has 1 aromatic carbocycles. The molecule has 176 valence electrons. The van der Waals surface area contributed by atoms with Gasteiger partial charge >= 0.3 is 11.8 Å². The molecule has 2 saturated heterocycles. The minimum absolute atomic E-state index is 0.106. The average Bonchev–Trinajstić information content (AvgIpc) is 3.37. The summed E-state index contributed by atoms with van der Waals surface area (Å²) in [5.74, 6) is 0.366. The van der Waals surface area contributed by atoms with Crippen LogP contribution in [-0.2, 0) is 16.1 Å². The average molecular weight is 455 g/mol. The molecule has 3 atom stereocenters. The van der Waals surface area contributed by atoms with Crippen molar-refractivity contribution in [2.24, 2.45) is 5.41 Å². The zero-order chi connectivity index (χ0) is 22.6. The maximum Gasteiger partial charge on any atom is 0.388 e. The van der Waals surface area contributed by atoms with Gasteiger partial charge in [0.15, 0.2) is 6.04 Å². The van der Waals surface area contributed by atoms with E-state index in [1.807, 2.05) is 18.2 Å². The fraction of sp³-hybridized carbons (Fsp3) is 0.640. The Bertz CT molecular complexity index is 994. The highest BCUT2D eigenvalue weighted by Gasteiger charge is 2.45. The molecule has 4 heterocycles. The van der Waals surface area contributed by atoms with Gasteiger partial charge in [-0.3, -0.25) is 9.69 Å². The second kappa shape index (κ2) is 8.09. The van der Waals surface area contributed by atoms with E-state index < -0.39 is 6.04 Å². The summed E-state index contributed by atoms with van der Waals surface area (Å²) in [6.45, 7) is 4.53. The number of nitrogens with one attached hydrogen (secondary N) is 1. The van der Waals surface area contributed by atoms with Crippen LogP contribution in [0.1, 0.15) is 60.9 Å². The van der Waals surface area contributed by atoms with E-state index in [1.165, 1.54) is 25.7 Å². The van der Waals surface area contributed by atoms with Gasteiger partial charge in [-0.2, -0.15) is 0 Å². The second-order valence-corrected chi connectivity index (χ2v) is 10.4. The Kier molecular flexibility index (Phi) is 5.18. The highest BCUT2D eigenvalue weighted by molar-refractivity contribution is 6.01. The maximum absolute atomic E-state index is 13.0. The van der Waals surface area contributed by atoms with Crippen LogP contribution in [0.5, 0.6) is 5.75 Å². The predicted molar refractivity (Wildman–Crippen MR) is 119 cm³/mol. The molecule has 1 saturated carbocycles. The Morgan fingerprint density at radius 1 is 1.12 bits per heavy atom. The molecule has 6 rings (SSSR count). The van der Waals surface area contributed by atoms with Crippen molar-refractivity contribution in [3.63, 3.8) is 0 Å². The Labute approximate surface area is 193 Å². The van der Waals surface area contributed by atoms with Gasteiger partial charge in [0.1, 0.15) is 11.9 Å². The Morgan fingerprint density at radius 2 is 1.94 bits per heavy atom. The van der Waals surface area contributed by atoms with Crippen molar-refractivity contribution in [3.8, 4) is 5.75 Å². The van der Waals surface area contributed by atoms with E-state index in [2.05, 4.69) is 9.89 Å². The number of benzene rings is 1. The van der Waals surface area contributed by atoms with Crippen molar-refractivity contribution < 1.29 is 29.2 Å². The lowest BCUT2D eigenvalue weighted by molar-refractivity contribution is -0.394. The zero-order valence-corrected chi connectivity index (χ0v) is 18.9. The molecule has 4 aliphatic heterocycles. The molecule has 0 bridgehead atoms. The molecule has 0 radical (unpaired) electrons. The fourth-order valence-corrected chi connectivity index (χ4v) is 6.29. The molecule has 8 heteroatoms. The van der Waals surface area contributed by atoms with Gasteiger partial charge in [-0.1, -0.05) is 0 Å². The molecule has 2 N–H and O–H groups in total. The molecule has 1 unspecified atom stereocenters. The third-order valence-electron chi connectivity index (χ3n) is 8.36. The van der Waals surface area contributed by atoms with Crippen LogP contribution >= 0.6 is 0 Å². The monoisotopic (exact) mass is 454 g/mol. The molecule has 1 aliphatic carbocycles. The number of fused-ring (bicyclic) bond motifs is 1. The highest BCUT2D eigenvalue weighted by Crippen LogP contribution is 2.41. The number of piperidine rings is 1. The Hall–Kier alpha value is -2.45. The van der Waals surface area contributed by atoms with Crippen LogP contribution in [0.25, 0.3) is 0 Å². The van der Waals surface area contributed by atoms with Crippen molar-refractivity contribution in [1.82, 2.24) is 9.80 Å². The number of ether oxygens (including phenoxy) is 2. The van der Waals surface area contributed by atoms with E-state index in [1.54, 1.807) is 4.90 Å². The molecule has 5 aliphatic rings. The van der Waals surface area contributed by atoms with E-state index in [-0.39, 0.29) is 23.8 Å². The minimum Gasteiger partial charge on any atom is -0.489 e. The standard InChI is InChI=1S/C25H31N3O5/c29-22-7-6-20(23(30)26-22)28-13-16-12-17(4-5-18(16)24(28)31)33-21-3-1-2-19(21)27-10-8-25(9-11-27)14-32-15-25/h4-5,12,19-21H,1-3,6-11,13-15H2,(H,26,29,30)/p+1/t19-,20?,21-/m0/s1. The molecule has 2 amide bonds. The molecule has 1 aromatic rings. The number of likely N-dealkylation sites (tertiary alicyclic amines) is 1. The number of nitrogens with zero attached hydrogens (tertiary/aromatic N) is 2. The van der Waals surface area contributed by atoms with Crippen molar-refractivity contribution >= 4 is 17.7 Å². The van der Waals surface area contributed by atoms with Crippen LogP contribution < -0.4 is 9.73 Å². The number of carbonyl (C=O) groups excluding carboxylic acids is 2. The topological polar surface area (TPSA) is 93.3 Å². The quantitative estimate of drug-likeness (QED) is 0.699. The van der Waals surface area contributed by atoms with E-state index in [0.717, 1.165) is 44.0 Å². The molecular weight excluding hydrogens is 422 g/mol. The fourth-order valence-electron chi connectivity index (χ4n) is 6.29. The predicted octanol–water partition coefficient (Wildman–Crippen LogP) is 0.781. The van der Waals surface area contributed by atoms with Gasteiger partial charge in [0.25, 0.3) is 5.91 Å². The van der Waals surface area contributed by atoms with Crippen LogP contribution in [0, 0.1) is 5.41 Å². The summed E-state index contributed by atoms with van der Waals surface area (Å²) in [5.41, 5.74) is 2.01. The lowest BCUT2D eigenvalue weighted by atomic mass is 9.76. The van der Waals surface area contributed by atoms with Gasteiger partial charge in [-0.25, -0.2) is 4.79 Å². The highest BCUT2D eigenvalue weighted by atomic mass is 16.5. The number of amides is 2. The van der Waals surface area contributed by atoms with E-state index in [4.69, 9.17) is 9.47 Å². The largest absolute Gasteiger partial charge is 0.489 e. The van der Waals surface area contributed by atoms with Gasteiger partial charge in [0, 0.05) is 23.6 Å². The van der Waals surface area contributed by atoms with Gasteiger partial charge in [-0.05, 0) is 75.4 Å². The molecule has 8 nitrogen and oxygen atoms in total. The summed E-state index contributed by atoms with van der Waals surface area (Å²) in [6, 6.07) is 5.70. The number of rotatable bonds is 4. The zero-order valence-electron chi connectivity index (χ0n) is 18.9. The molecular formula is C25H32N3O5+. The van der Waals surface area contributed by atoms with Gasteiger partial charge in [0.05, 0.1) is 19.6 Å². The number of aliphatic hydroxyl groups excluding tert-OH is 1. The van der Waals surface area contributed by atoms with Gasteiger partial charge in [0.2, 0.25) is 0 Å². The smallest absolute Gasteiger partial charge is 0.388 e. The van der Waals surface area contributed by atoms with Crippen LogP contribution in [-0.4, -0.2) is 77.1 Å². The molecule has 3 fully saturated rings. The van der Waals surface area contributed by atoms with Crippen molar-refractivity contribution in [1.29, 1.82) is 0 Å². The summed E-state index contributed by atoms with van der Waals surface area (Å²) in [6.07, 6.45) is 6.77. The van der Waals surface area contributed by atoms with E-state index in [9.17, 15) is 14.7 Å². The summed E-state index contributed by atoms with van der Waals surface area (Å²) in [7, 11) is 0. The first-order chi connectivity index (χ1) is 16.0. The normalized spacial score (nSPS) is 31.5. The van der Waals surface area contributed by atoms with Crippen LogP contribution in [0.2, 0.25) is 0 Å². The third kappa shape index (κ3) is 3.73. The summed E-state index contributed by atoms with van der Waals surface area (Å²) in [4.78, 5) is 31.2. The first-order valence-corrected chi connectivity index (χ1v) is 12.3. The molecule has 1 spiro atoms. The summed E-state index contributed by atoms with van der Waals surface area (Å²) < 4.78 is 12.0. The Morgan fingerprint density at radius 3 is 2.67 bits per heavy atom. The van der Waals surface area contributed by atoms with Crippen molar-refractivity contribution in [2.45, 2.75) is 69.7 Å². The number of aliphatic hydroxyl groups is 1. The van der Waals surface area contributed by atoms with Gasteiger partial charge in [-0.15, -0.1) is 4.99 Å². The first kappa shape index (κ1) is 21.1. The van der Waals surface area contributed by atoms with Gasteiger partial charge < -0.3 is 19.5 Å². The lowest BCUT2D eigenvalue weighted by Crippen LogP contribution is -2.82. The third-order valence-corrected chi connectivity index (χ3v) is 8.36. The Balaban J connectivity index is 1.13. The minimum atomic E-state index is -0.477. The second-order valence-electron chi connectivity index (χ2n) is 10.4. The van der Waals surface area contributed by atoms with Crippen LogP contribution in [0.4, 0.5) is 0 Å².